The smallest absolute Gasteiger partial charge is 0.0691 e. The fraction of sp³-hybridized carbons (Fsp3) is 0.895. The molecule has 0 bridgehead atoms. The molecular formula is C19H39NO. The molecule has 0 spiro atoms. The van der Waals surface area contributed by atoms with Crippen LogP contribution in [0.1, 0.15) is 97.3 Å². The first-order chi connectivity index (χ1) is 10.2. The van der Waals surface area contributed by atoms with Crippen LogP contribution in [0, 0.1) is 0 Å². The maximum atomic E-state index is 9.76. The lowest BCUT2D eigenvalue weighted by atomic mass is 10.0. The van der Waals surface area contributed by atoms with Crippen molar-refractivity contribution in [2.75, 3.05) is 0 Å². The summed E-state index contributed by atoms with van der Waals surface area (Å²) in [6, 6.07) is -0.0311. The summed E-state index contributed by atoms with van der Waals surface area (Å²) < 4.78 is 0. The average Bonchev–Trinajstić information content (AvgIpc) is 2.50. The van der Waals surface area contributed by atoms with Crippen molar-refractivity contribution in [1.82, 2.24) is 0 Å². The summed E-state index contributed by atoms with van der Waals surface area (Å²) in [5.41, 5.74) is 5.81. The molecule has 0 aliphatic rings. The van der Waals surface area contributed by atoms with Gasteiger partial charge in [-0.15, -0.1) is 0 Å². The molecule has 0 saturated carbocycles. The summed E-state index contributed by atoms with van der Waals surface area (Å²) in [5, 5.41) is 9.76. The predicted molar refractivity (Wildman–Crippen MR) is 94.5 cm³/mol. The first-order valence-electron chi connectivity index (χ1n) is 9.31. The highest BCUT2D eigenvalue weighted by Gasteiger charge is 2.11. The molecule has 2 heteroatoms. The largest absolute Gasteiger partial charge is 0.392 e. The van der Waals surface area contributed by atoms with Crippen molar-refractivity contribution >= 4 is 0 Å². The average molecular weight is 298 g/mol. The third-order valence-electron chi connectivity index (χ3n) is 4.21. The molecule has 0 rings (SSSR count). The summed E-state index contributed by atoms with van der Waals surface area (Å²) in [6.07, 6.45) is 20.4. The van der Waals surface area contributed by atoms with E-state index in [1.165, 1.54) is 64.2 Å². The summed E-state index contributed by atoms with van der Waals surface area (Å²) in [7, 11) is 0. The molecule has 0 aromatic heterocycles. The molecule has 0 radical (unpaired) electrons. The van der Waals surface area contributed by atoms with E-state index in [0.717, 1.165) is 19.3 Å². The zero-order valence-corrected chi connectivity index (χ0v) is 14.5. The Bertz CT molecular complexity index is 228. The van der Waals surface area contributed by atoms with E-state index in [0.29, 0.717) is 0 Å². The molecule has 0 aromatic rings. The Kier molecular flexibility index (Phi) is 15.8. The van der Waals surface area contributed by atoms with Gasteiger partial charge in [0.2, 0.25) is 0 Å². The first-order valence-corrected chi connectivity index (χ1v) is 9.31. The van der Waals surface area contributed by atoms with Crippen molar-refractivity contribution in [3.63, 3.8) is 0 Å². The minimum Gasteiger partial charge on any atom is -0.392 e. The van der Waals surface area contributed by atoms with E-state index in [-0.39, 0.29) is 12.1 Å². The van der Waals surface area contributed by atoms with Gasteiger partial charge in [0.05, 0.1) is 6.10 Å². The maximum Gasteiger partial charge on any atom is 0.0691 e. The van der Waals surface area contributed by atoms with Crippen LogP contribution < -0.4 is 5.73 Å². The van der Waals surface area contributed by atoms with Gasteiger partial charge in [0.25, 0.3) is 0 Å². The van der Waals surface area contributed by atoms with Gasteiger partial charge in [-0.1, -0.05) is 77.4 Å². The second-order valence-electron chi connectivity index (χ2n) is 6.31. The molecule has 2 nitrogen and oxygen atoms in total. The van der Waals surface area contributed by atoms with Gasteiger partial charge in [0.1, 0.15) is 0 Å². The predicted octanol–water partition coefficient (Wildman–Crippen LogP) is 5.34. The maximum absolute atomic E-state index is 9.76. The highest BCUT2D eigenvalue weighted by atomic mass is 16.3. The van der Waals surface area contributed by atoms with Crippen LogP contribution >= 0.6 is 0 Å². The number of nitrogens with two attached hydrogens (primary N) is 1. The van der Waals surface area contributed by atoms with Crippen molar-refractivity contribution in [2.45, 2.75) is 109 Å². The molecule has 126 valence electrons. The standard InChI is InChI=1S/C19H39NO/c1-3-5-6-7-8-9-10-11-12-13-14-15-16-17-19(21)18(20)4-2/h6-7,18-19,21H,3-5,8-17,20H2,1-2H3/b7-6-/t18-,19?/m0/s1. The molecule has 3 N–H and O–H groups in total. The number of hydrogen-bond donors (Lipinski definition) is 2. The number of rotatable bonds is 15. The summed E-state index contributed by atoms with van der Waals surface area (Å²) in [5.74, 6) is 0. The van der Waals surface area contributed by atoms with Gasteiger partial charge in [-0.2, -0.15) is 0 Å². The van der Waals surface area contributed by atoms with E-state index in [4.69, 9.17) is 5.73 Å². The Morgan fingerprint density at radius 3 is 1.90 bits per heavy atom. The highest BCUT2D eigenvalue weighted by Crippen LogP contribution is 2.12. The van der Waals surface area contributed by atoms with Crippen LogP contribution in [0.25, 0.3) is 0 Å². The molecule has 0 heterocycles. The number of allylic oxidation sites excluding steroid dienone is 2. The Morgan fingerprint density at radius 1 is 0.810 bits per heavy atom. The SMILES string of the molecule is CCC/C=C\CCCCCCCCCCC(O)[C@@H](N)CC. The zero-order chi connectivity index (χ0) is 15.8. The Morgan fingerprint density at radius 2 is 1.33 bits per heavy atom. The van der Waals surface area contributed by atoms with Gasteiger partial charge in [0.15, 0.2) is 0 Å². The third kappa shape index (κ3) is 14.4. The first kappa shape index (κ1) is 20.7. The Balaban J connectivity index is 3.16. The lowest BCUT2D eigenvalue weighted by Crippen LogP contribution is -2.33. The topological polar surface area (TPSA) is 46.2 Å². The molecular weight excluding hydrogens is 258 g/mol. The van der Waals surface area contributed by atoms with Crippen molar-refractivity contribution in [2.24, 2.45) is 5.73 Å². The quantitative estimate of drug-likeness (QED) is 0.316. The molecule has 21 heavy (non-hydrogen) atoms. The van der Waals surface area contributed by atoms with Crippen LogP contribution in [0.3, 0.4) is 0 Å². The summed E-state index contributed by atoms with van der Waals surface area (Å²) in [4.78, 5) is 0. The van der Waals surface area contributed by atoms with E-state index in [1.54, 1.807) is 0 Å². The Hall–Kier alpha value is -0.340. The number of aliphatic hydroxyl groups is 1. The number of unbranched alkanes of at least 4 members (excludes halogenated alkanes) is 9. The monoisotopic (exact) mass is 297 g/mol. The second kappa shape index (κ2) is 16.0. The molecule has 2 atom stereocenters. The van der Waals surface area contributed by atoms with Crippen LogP contribution in [0.4, 0.5) is 0 Å². The fourth-order valence-corrected chi connectivity index (χ4v) is 2.56. The second-order valence-corrected chi connectivity index (χ2v) is 6.31. The zero-order valence-electron chi connectivity index (χ0n) is 14.5. The Labute approximate surface area is 133 Å². The lowest BCUT2D eigenvalue weighted by molar-refractivity contribution is 0.129. The molecule has 0 aliphatic heterocycles. The van der Waals surface area contributed by atoms with Crippen LogP contribution in [0.2, 0.25) is 0 Å². The minimum absolute atomic E-state index is 0.0311. The van der Waals surface area contributed by atoms with Gasteiger partial charge in [-0.25, -0.2) is 0 Å². The van der Waals surface area contributed by atoms with E-state index < -0.39 is 0 Å². The van der Waals surface area contributed by atoms with Crippen molar-refractivity contribution in [3.05, 3.63) is 12.2 Å². The lowest BCUT2D eigenvalue weighted by Gasteiger charge is -2.16. The van der Waals surface area contributed by atoms with Crippen LogP contribution in [-0.4, -0.2) is 17.3 Å². The van der Waals surface area contributed by atoms with E-state index >= 15 is 0 Å². The van der Waals surface area contributed by atoms with Crippen LogP contribution in [-0.2, 0) is 0 Å². The van der Waals surface area contributed by atoms with E-state index in [1.807, 2.05) is 6.92 Å². The molecule has 0 amide bonds. The van der Waals surface area contributed by atoms with Crippen LogP contribution in [0.15, 0.2) is 12.2 Å². The third-order valence-corrected chi connectivity index (χ3v) is 4.21. The van der Waals surface area contributed by atoms with Crippen molar-refractivity contribution in [3.8, 4) is 0 Å². The molecule has 0 saturated heterocycles. The number of hydrogen-bond acceptors (Lipinski definition) is 2. The van der Waals surface area contributed by atoms with Gasteiger partial charge in [-0.3, -0.25) is 0 Å². The highest BCUT2D eigenvalue weighted by molar-refractivity contribution is 4.80. The fourth-order valence-electron chi connectivity index (χ4n) is 2.56. The molecule has 0 fully saturated rings. The van der Waals surface area contributed by atoms with Crippen molar-refractivity contribution < 1.29 is 5.11 Å². The number of aliphatic hydroxyl groups excluding tert-OH is 1. The molecule has 0 aromatic carbocycles. The molecule has 0 aliphatic carbocycles. The van der Waals surface area contributed by atoms with Gasteiger partial charge in [0, 0.05) is 6.04 Å². The van der Waals surface area contributed by atoms with Gasteiger partial charge in [-0.05, 0) is 32.1 Å². The van der Waals surface area contributed by atoms with Gasteiger partial charge >= 0.3 is 0 Å². The van der Waals surface area contributed by atoms with E-state index in [9.17, 15) is 5.11 Å². The summed E-state index contributed by atoms with van der Waals surface area (Å²) in [6.45, 7) is 4.26. The van der Waals surface area contributed by atoms with Crippen LogP contribution in [0.5, 0.6) is 0 Å². The molecule has 1 unspecified atom stereocenters. The minimum atomic E-state index is -0.296. The van der Waals surface area contributed by atoms with E-state index in [2.05, 4.69) is 19.1 Å². The normalized spacial score (nSPS) is 14.7. The summed E-state index contributed by atoms with van der Waals surface area (Å²) >= 11 is 0. The van der Waals surface area contributed by atoms with Crippen molar-refractivity contribution in [1.29, 1.82) is 0 Å². The van der Waals surface area contributed by atoms with Gasteiger partial charge < -0.3 is 10.8 Å².